The van der Waals surface area contributed by atoms with Gasteiger partial charge < -0.3 is 0 Å². The molecular weight excluding hydrogens is 156 g/mol. The minimum atomic E-state index is 0.171. The summed E-state index contributed by atoms with van der Waals surface area (Å²) >= 11 is 0. The lowest BCUT2D eigenvalue weighted by Gasteiger charge is -2.22. The average molecular weight is 172 g/mol. The molecular formula is C13H16. The van der Waals surface area contributed by atoms with E-state index in [1.165, 1.54) is 5.56 Å². The maximum absolute atomic E-state index is 3.14. The van der Waals surface area contributed by atoms with E-state index in [4.69, 9.17) is 0 Å². The lowest BCUT2D eigenvalue weighted by molar-refractivity contribution is 0.543. The third kappa shape index (κ3) is 2.63. The monoisotopic (exact) mass is 172 g/mol. The van der Waals surface area contributed by atoms with E-state index < -0.39 is 0 Å². The molecule has 0 atom stereocenters. The van der Waals surface area contributed by atoms with Gasteiger partial charge in [-0.05, 0) is 12.5 Å². The van der Waals surface area contributed by atoms with Crippen molar-refractivity contribution in [3.05, 3.63) is 35.9 Å². The molecule has 0 fully saturated rings. The van der Waals surface area contributed by atoms with Crippen LogP contribution in [0.15, 0.2) is 30.3 Å². The fourth-order valence-corrected chi connectivity index (χ4v) is 1.30. The van der Waals surface area contributed by atoms with Gasteiger partial charge in [-0.1, -0.05) is 44.2 Å². The lowest BCUT2D eigenvalue weighted by atomic mass is 9.82. The predicted octanol–water partition coefficient (Wildman–Crippen LogP) is 3.38. The van der Waals surface area contributed by atoms with Crippen molar-refractivity contribution in [2.75, 3.05) is 0 Å². The third-order valence-electron chi connectivity index (χ3n) is 2.26. The maximum atomic E-state index is 3.14. The molecule has 68 valence electrons. The van der Waals surface area contributed by atoms with E-state index in [0.717, 1.165) is 6.42 Å². The lowest BCUT2D eigenvalue weighted by Crippen LogP contribution is -2.15. The van der Waals surface area contributed by atoms with Crippen LogP contribution >= 0.6 is 0 Å². The Bertz CT molecular complexity index is 309. The molecule has 0 nitrogen and oxygen atoms in total. The zero-order valence-electron chi connectivity index (χ0n) is 8.59. The summed E-state index contributed by atoms with van der Waals surface area (Å²) in [4.78, 5) is 0. The second-order valence-electron chi connectivity index (χ2n) is 3.85. The Balaban J connectivity index is 2.85. The quantitative estimate of drug-likeness (QED) is 0.600. The molecule has 0 aliphatic heterocycles. The molecule has 0 aliphatic rings. The van der Waals surface area contributed by atoms with Gasteiger partial charge in [-0.2, -0.15) is 0 Å². The van der Waals surface area contributed by atoms with Crippen molar-refractivity contribution in [1.82, 2.24) is 0 Å². The van der Waals surface area contributed by atoms with E-state index in [1.807, 2.05) is 13.0 Å². The SMILES string of the molecule is CC#CCC(C)(C)c1ccccc1. The van der Waals surface area contributed by atoms with Crippen molar-refractivity contribution < 1.29 is 0 Å². The molecule has 0 spiro atoms. The van der Waals surface area contributed by atoms with Crippen LogP contribution in [0.25, 0.3) is 0 Å². The van der Waals surface area contributed by atoms with Crippen molar-refractivity contribution in [3.8, 4) is 11.8 Å². The van der Waals surface area contributed by atoms with Crippen LogP contribution in [0.3, 0.4) is 0 Å². The highest BCUT2D eigenvalue weighted by atomic mass is 14.2. The van der Waals surface area contributed by atoms with E-state index in [-0.39, 0.29) is 5.41 Å². The van der Waals surface area contributed by atoms with Gasteiger partial charge >= 0.3 is 0 Å². The Kier molecular flexibility index (Phi) is 3.14. The molecule has 0 unspecified atom stereocenters. The predicted molar refractivity (Wildman–Crippen MR) is 57.5 cm³/mol. The topological polar surface area (TPSA) is 0 Å². The van der Waals surface area contributed by atoms with Crippen molar-refractivity contribution >= 4 is 0 Å². The summed E-state index contributed by atoms with van der Waals surface area (Å²) in [5.74, 6) is 6.08. The second kappa shape index (κ2) is 4.14. The zero-order chi connectivity index (χ0) is 9.73. The fourth-order valence-electron chi connectivity index (χ4n) is 1.30. The Morgan fingerprint density at radius 3 is 2.31 bits per heavy atom. The Hall–Kier alpha value is -1.22. The molecule has 0 radical (unpaired) electrons. The van der Waals surface area contributed by atoms with Gasteiger partial charge in [-0.3, -0.25) is 0 Å². The van der Waals surface area contributed by atoms with Gasteiger partial charge in [0.1, 0.15) is 0 Å². The van der Waals surface area contributed by atoms with Crippen LogP contribution < -0.4 is 0 Å². The van der Waals surface area contributed by atoms with Crippen LogP contribution in [-0.2, 0) is 5.41 Å². The minimum Gasteiger partial charge on any atom is -0.107 e. The molecule has 1 rings (SSSR count). The summed E-state index contributed by atoms with van der Waals surface area (Å²) in [6.07, 6.45) is 0.924. The van der Waals surface area contributed by atoms with E-state index >= 15 is 0 Å². The third-order valence-corrected chi connectivity index (χ3v) is 2.26. The second-order valence-corrected chi connectivity index (χ2v) is 3.85. The summed E-state index contributed by atoms with van der Waals surface area (Å²) in [5.41, 5.74) is 1.53. The van der Waals surface area contributed by atoms with E-state index in [0.29, 0.717) is 0 Å². The van der Waals surface area contributed by atoms with Gasteiger partial charge in [-0.15, -0.1) is 11.8 Å². The number of hydrogen-bond acceptors (Lipinski definition) is 0. The highest BCUT2D eigenvalue weighted by molar-refractivity contribution is 5.25. The van der Waals surface area contributed by atoms with Crippen LogP contribution in [0, 0.1) is 11.8 Å². The molecule has 0 bridgehead atoms. The van der Waals surface area contributed by atoms with Gasteiger partial charge in [0, 0.05) is 11.8 Å². The number of rotatable bonds is 2. The van der Waals surface area contributed by atoms with Crippen molar-refractivity contribution in [1.29, 1.82) is 0 Å². The Morgan fingerprint density at radius 1 is 1.15 bits per heavy atom. The molecule has 0 aromatic heterocycles. The molecule has 1 aromatic rings. The Morgan fingerprint density at radius 2 is 1.77 bits per heavy atom. The van der Waals surface area contributed by atoms with Gasteiger partial charge in [-0.25, -0.2) is 0 Å². The van der Waals surface area contributed by atoms with E-state index in [2.05, 4.69) is 50.0 Å². The van der Waals surface area contributed by atoms with Gasteiger partial charge in [0.05, 0.1) is 0 Å². The standard InChI is InChI=1S/C13H16/c1-4-5-11-13(2,3)12-9-7-6-8-10-12/h6-10H,11H2,1-3H3. The van der Waals surface area contributed by atoms with Gasteiger partial charge in [0.25, 0.3) is 0 Å². The summed E-state index contributed by atoms with van der Waals surface area (Å²) in [5, 5.41) is 0. The van der Waals surface area contributed by atoms with Gasteiger partial charge in [0.2, 0.25) is 0 Å². The van der Waals surface area contributed by atoms with Gasteiger partial charge in [0.15, 0.2) is 0 Å². The van der Waals surface area contributed by atoms with Crippen LogP contribution in [0.5, 0.6) is 0 Å². The first-order chi connectivity index (χ1) is 6.17. The van der Waals surface area contributed by atoms with Crippen molar-refractivity contribution in [3.63, 3.8) is 0 Å². The highest BCUT2D eigenvalue weighted by Crippen LogP contribution is 2.25. The highest BCUT2D eigenvalue weighted by Gasteiger charge is 2.18. The molecule has 0 amide bonds. The first kappa shape index (κ1) is 9.86. The largest absolute Gasteiger partial charge is 0.107 e. The molecule has 0 N–H and O–H groups in total. The molecule has 0 saturated carbocycles. The zero-order valence-corrected chi connectivity index (χ0v) is 8.59. The average Bonchev–Trinajstić information content (AvgIpc) is 2.16. The maximum Gasteiger partial charge on any atom is 0.0180 e. The fraction of sp³-hybridized carbons (Fsp3) is 0.385. The van der Waals surface area contributed by atoms with Crippen molar-refractivity contribution in [2.24, 2.45) is 0 Å². The van der Waals surface area contributed by atoms with Crippen LogP contribution in [0.4, 0.5) is 0 Å². The van der Waals surface area contributed by atoms with E-state index in [9.17, 15) is 0 Å². The first-order valence-electron chi connectivity index (χ1n) is 4.62. The minimum absolute atomic E-state index is 0.171. The first-order valence-corrected chi connectivity index (χ1v) is 4.62. The normalized spacial score (nSPS) is 10.4. The number of benzene rings is 1. The summed E-state index contributed by atoms with van der Waals surface area (Å²) in [6, 6.07) is 10.5. The van der Waals surface area contributed by atoms with Crippen molar-refractivity contribution in [2.45, 2.75) is 32.6 Å². The van der Waals surface area contributed by atoms with E-state index in [1.54, 1.807) is 0 Å². The smallest absolute Gasteiger partial charge is 0.0180 e. The summed E-state index contributed by atoms with van der Waals surface area (Å²) in [7, 11) is 0. The van der Waals surface area contributed by atoms with Crippen LogP contribution in [0.2, 0.25) is 0 Å². The molecule has 13 heavy (non-hydrogen) atoms. The van der Waals surface area contributed by atoms with Crippen LogP contribution in [-0.4, -0.2) is 0 Å². The molecule has 0 aliphatic carbocycles. The molecule has 0 heterocycles. The summed E-state index contributed by atoms with van der Waals surface area (Å²) < 4.78 is 0. The van der Waals surface area contributed by atoms with Crippen LogP contribution in [0.1, 0.15) is 32.8 Å². The summed E-state index contributed by atoms with van der Waals surface area (Å²) in [6.45, 7) is 6.35. The molecule has 0 heteroatoms. The molecule has 1 aromatic carbocycles. The molecule has 0 saturated heterocycles. The number of hydrogen-bond donors (Lipinski definition) is 0. The Labute approximate surface area is 81.0 Å².